The van der Waals surface area contributed by atoms with Gasteiger partial charge in [-0.2, -0.15) is 0 Å². The zero-order chi connectivity index (χ0) is 11.8. The van der Waals surface area contributed by atoms with Crippen molar-refractivity contribution in [2.45, 2.75) is 40.0 Å². The molecule has 1 N–H and O–H groups in total. The smallest absolute Gasteiger partial charge is 0.0968 e. The van der Waals surface area contributed by atoms with Crippen molar-refractivity contribution in [3.05, 3.63) is 27.7 Å². The fraction of sp³-hybridized carbons (Fsp3) is 0.615. The van der Waals surface area contributed by atoms with Gasteiger partial charge in [0.05, 0.1) is 10.7 Å². The molecule has 16 heavy (non-hydrogen) atoms. The van der Waals surface area contributed by atoms with Crippen LogP contribution >= 0.6 is 11.3 Å². The Hall–Kier alpha value is -0.670. The third kappa shape index (κ3) is 4.90. The highest BCUT2D eigenvalue weighted by Crippen LogP contribution is 2.16. The highest BCUT2D eigenvalue weighted by atomic mass is 32.1. The lowest BCUT2D eigenvalue weighted by Gasteiger charge is -1.97. The lowest BCUT2D eigenvalue weighted by molar-refractivity contribution is 0.678. The van der Waals surface area contributed by atoms with E-state index in [1.165, 1.54) is 22.0 Å². The van der Waals surface area contributed by atoms with Crippen LogP contribution in [0.3, 0.4) is 0 Å². The molecule has 1 aromatic rings. The molecule has 0 aliphatic carbocycles. The quantitative estimate of drug-likeness (QED) is 0.582. The Morgan fingerprint density at radius 1 is 1.25 bits per heavy atom. The summed E-state index contributed by atoms with van der Waals surface area (Å²) in [5.41, 5.74) is 1.18. The topological polar surface area (TPSA) is 24.9 Å². The zero-order valence-corrected chi connectivity index (χ0v) is 11.4. The average Bonchev–Trinajstić information content (AvgIpc) is 2.57. The Labute approximate surface area is 103 Å². The van der Waals surface area contributed by atoms with Crippen LogP contribution in [0, 0.1) is 13.8 Å². The number of hydrogen-bond acceptors (Lipinski definition) is 3. The summed E-state index contributed by atoms with van der Waals surface area (Å²) >= 11 is 1.81. The largest absolute Gasteiger partial charge is 0.316 e. The second-order valence-electron chi connectivity index (χ2n) is 3.96. The Balaban J connectivity index is 2.16. The maximum atomic E-state index is 4.51. The highest BCUT2D eigenvalue weighted by molar-refractivity contribution is 7.11. The minimum absolute atomic E-state index is 0.979. The molecule has 0 aromatic carbocycles. The van der Waals surface area contributed by atoms with Crippen molar-refractivity contribution in [1.82, 2.24) is 10.3 Å². The molecule has 0 bridgehead atoms. The Bertz CT molecular complexity index is 309. The second-order valence-corrected chi connectivity index (χ2v) is 5.25. The van der Waals surface area contributed by atoms with Crippen LogP contribution in [-0.2, 0) is 6.42 Å². The molecule has 0 atom stereocenters. The van der Waals surface area contributed by atoms with Crippen molar-refractivity contribution >= 4 is 11.3 Å². The van der Waals surface area contributed by atoms with E-state index in [-0.39, 0.29) is 0 Å². The van der Waals surface area contributed by atoms with Crippen LogP contribution in [0.25, 0.3) is 0 Å². The van der Waals surface area contributed by atoms with E-state index in [0.29, 0.717) is 0 Å². The first-order valence-corrected chi connectivity index (χ1v) is 6.84. The lowest BCUT2D eigenvalue weighted by Crippen LogP contribution is -2.14. The molecule has 0 aliphatic heterocycles. The van der Waals surface area contributed by atoms with Gasteiger partial charge in [0.2, 0.25) is 0 Å². The molecule has 0 saturated carbocycles. The van der Waals surface area contributed by atoms with Crippen LogP contribution < -0.4 is 5.32 Å². The number of nitrogens with zero attached hydrogens (tertiary/aromatic N) is 1. The molecule has 0 fully saturated rings. The summed E-state index contributed by atoms with van der Waals surface area (Å²) in [5.74, 6) is 0. The molecule has 3 heteroatoms. The van der Waals surface area contributed by atoms with Crippen molar-refractivity contribution < 1.29 is 0 Å². The fourth-order valence-corrected chi connectivity index (χ4v) is 2.32. The van der Waals surface area contributed by atoms with E-state index in [9.17, 15) is 0 Å². The van der Waals surface area contributed by atoms with Gasteiger partial charge in [-0.3, -0.25) is 0 Å². The number of aryl methyl sites for hydroxylation is 2. The maximum Gasteiger partial charge on any atom is 0.0968 e. The third-order valence-electron chi connectivity index (χ3n) is 2.45. The minimum Gasteiger partial charge on any atom is -0.316 e. The zero-order valence-electron chi connectivity index (χ0n) is 10.5. The summed E-state index contributed by atoms with van der Waals surface area (Å²) < 4.78 is 0. The van der Waals surface area contributed by atoms with Crippen molar-refractivity contribution in [3.63, 3.8) is 0 Å². The summed E-state index contributed by atoms with van der Waals surface area (Å²) in [5, 5.41) is 4.61. The van der Waals surface area contributed by atoms with Gasteiger partial charge in [-0.1, -0.05) is 19.1 Å². The van der Waals surface area contributed by atoms with Gasteiger partial charge in [0, 0.05) is 11.3 Å². The molecular weight excluding hydrogens is 216 g/mol. The molecule has 1 rings (SSSR count). The highest BCUT2D eigenvalue weighted by Gasteiger charge is 2.00. The molecule has 90 valence electrons. The molecule has 0 unspecified atom stereocenters. The van der Waals surface area contributed by atoms with Gasteiger partial charge in [0.25, 0.3) is 0 Å². The van der Waals surface area contributed by atoms with E-state index in [0.717, 1.165) is 25.9 Å². The van der Waals surface area contributed by atoms with Gasteiger partial charge in [0.1, 0.15) is 0 Å². The first kappa shape index (κ1) is 13.4. The van der Waals surface area contributed by atoms with Crippen LogP contribution in [0.5, 0.6) is 0 Å². The van der Waals surface area contributed by atoms with Gasteiger partial charge in [-0.05, 0) is 39.8 Å². The van der Waals surface area contributed by atoms with E-state index >= 15 is 0 Å². The van der Waals surface area contributed by atoms with Crippen LogP contribution in [0.4, 0.5) is 0 Å². The summed E-state index contributed by atoms with van der Waals surface area (Å²) in [7, 11) is 0. The monoisotopic (exact) mass is 238 g/mol. The average molecular weight is 238 g/mol. The normalized spacial score (nSPS) is 11.4. The van der Waals surface area contributed by atoms with Gasteiger partial charge < -0.3 is 5.32 Å². The van der Waals surface area contributed by atoms with Crippen LogP contribution in [-0.4, -0.2) is 18.1 Å². The van der Waals surface area contributed by atoms with Crippen molar-refractivity contribution in [2.24, 2.45) is 0 Å². The molecule has 0 saturated heterocycles. The van der Waals surface area contributed by atoms with Gasteiger partial charge >= 0.3 is 0 Å². The fourth-order valence-electron chi connectivity index (χ4n) is 1.42. The van der Waals surface area contributed by atoms with Gasteiger partial charge in [0.15, 0.2) is 0 Å². The second kappa shape index (κ2) is 7.58. The molecule has 0 aliphatic rings. The Morgan fingerprint density at radius 2 is 2.06 bits per heavy atom. The SMILES string of the molecule is CCCNCCC=CCc1nc(C)c(C)s1. The van der Waals surface area contributed by atoms with Crippen molar-refractivity contribution in [1.29, 1.82) is 0 Å². The molecule has 2 nitrogen and oxygen atoms in total. The number of allylic oxidation sites excluding steroid dienone is 1. The van der Waals surface area contributed by atoms with E-state index in [2.05, 4.69) is 43.2 Å². The number of rotatable bonds is 7. The first-order chi connectivity index (χ1) is 7.74. The Morgan fingerprint density at radius 3 is 2.69 bits per heavy atom. The Kier molecular flexibility index (Phi) is 6.34. The summed E-state index contributed by atoms with van der Waals surface area (Å²) in [4.78, 5) is 5.85. The molecule has 1 aromatic heterocycles. The van der Waals surface area contributed by atoms with Crippen LogP contribution in [0.1, 0.15) is 35.3 Å². The summed E-state index contributed by atoms with van der Waals surface area (Å²) in [6, 6.07) is 0. The van der Waals surface area contributed by atoms with Gasteiger partial charge in [-0.15, -0.1) is 11.3 Å². The predicted octanol–water partition coefficient (Wildman–Crippen LogP) is 3.25. The number of aromatic nitrogens is 1. The number of nitrogens with one attached hydrogen (secondary N) is 1. The lowest BCUT2D eigenvalue weighted by atomic mass is 10.3. The molecule has 0 spiro atoms. The van der Waals surface area contributed by atoms with Crippen LogP contribution in [0.15, 0.2) is 12.2 Å². The van der Waals surface area contributed by atoms with E-state index in [4.69, 9.17) is 0 Å². The van der Waals surface area contributed by atoms with Crippen molar-refractivity contribution in [2.75, 3.05) is 13.1 Å². The summed E-state index contributed by atoms with van der Waals surface area (Å²) in [6.45, 7) is 8.61. The van der Waals surface area contributed by atoms with Crippen LogP contribution in [0.2, 0.25) is 0 Å². The van der Waals surface area contributed by atoms with Crippen molar-refractivity contribution in [3.8, 4) is 0 Å². The first-order valence-electron chi connectivity index (χ1n) is 6.02. The molecule has 0 amide bonds. The number of thiazole rings is 1. The standard InChI is InChI=1S/C13H22N2S/c1-4-9-14-10-7-5-6-8-13-15-11(2)12(3)16-13/h5-6,14H,4,7-10H2,1-3H3. The molecule has 0 radical (unpaired) electrons. The number of hydrogen-bond donors (Lipinski definition) is 1. The molecule has 1 heterocycles. The van der Waals surface area contributed by atoms with Gasteiger partial charge in [-0.25, -0.2) is 4.98 Å². The predicted molar refractivity (Wildman–Crippen MR) is 72.2 cm³/mol. The van der Waals surface area contributed by atoms with E-state index < -0.39 is 0 Å². The minimum atomic E-state index is 0.979. The summed E-state index contributed by atoms with van der Waals surface area (Å²) in [6.07, 6.45) is 7.78. The van der Waals surface area contributed by atoms with E-state index in [1.54, 1.807) is 0 Å². The molecular formula is C13H22N2S. The third-order valence-corrected chi connectivity index (χ3v) is 3.54. The maximum absolute atomic E-state index is 4.51. The van der Waals surface area contributed by atoms with E-state index in [1.807, 2.05) is 11.3 Å².